The number of aromatic nitrogens is 2. The van der Waals surface area contributed by atoms with Crippen LogP contribution in [-0.4, -0.2) is 48.5 Å². The Morgan fingerprint density at radius 3 is 2.97 bits per heavy atom. The standard InChI is InChI=1S/C19H24N4O5S/c1-12(2)8-17-21-19(28-22-17)13-4-3-7-23(10-13)29(25,26)14-5-6-16-15(9-14)20-18(24)11-27-16/h5-6,9,12-13H,3-4,7-8,10-11H2,1-2H3,(H,20,24). The molecule has 9 nitrogen and oxygen atoms in total. The largest absolute Gasteiger partial charge is 0.482 e. The van der Waals surface area contributed by atoms with Crippen molar-refractivity contribution < 1.29 is 22.5 Å². The molecular weight excluding hydrogens is 396 g/mol. The number of hydrogen-bond donors (Lipinski definition) is 1. The predicted octanol–water partition coefficient (Wildman–Crippen LogP) is 2.17. The number of piperidine rings is 1. The number of hydrogen-bond acceptors (Lipinski definition) is 7. The summed E-state index contributed by atoms with van der Waals surface area (Å²) in [7, 11) is -3.73. The summed E-state index contributed by atoms with van der Waals surface area (Å²) in [5, 5.41) is 6.67. The van der Waals surface area contributed by atoms with Gasteiger partial charge in [-0.15, -0.1) is 0 Å². The molecular formula is C19H24N4O5S. The van der Waals surface area contributed by atoms with E-state index in [0.717, 1.165) is 12.8 Å². The lowest BCUT2D eigenvalue weighted by atomic mass is 10.00. The van der Waals surface area contributed by atoms with Gasteiger partial charge in [0.1, 0.15) is 5.75 Å². The van der Waals surface area contributed by atoms with Crippen molar-refractivity contribution in [1.82, 2.24) is 14.4 Å². The Bertz CT molecular complexity index is 1020. The number of carbonyl (C=O) groups excluding carboxylic acids is 1. The van der Waals surface area contributed by atoms with Crippen LogP contribution in [0.1, 0.15) is 44.3 Å². The van der Waals surface area contributed by atoms with Gasteiger partial charge >= 0.3 is 0 Å². The van der Waals surface area contributed by atoms with Gasteiger partial charge in [-0.05, 0) is 37.0 Å². The van der Waals surface area contributed by atoms with Crippen molar-refractivity contribution in [3.05, 3.63) is 29.9 Å². The molecule has 1 saturated heterocycles. The molecule has 1 unspecified atom stereocenters. The van der Waals surface area contributed by atoms with E-state index in [9.17, 15) is 13.2 Å². The van der Waals surface area contributed by atoms with Crippen LogP contribution in [-0.2, 0) is 21.2 Å². The minimum Gasteiger partial charge on any atom is -0.482 e. The van der Waals surface area contributed by atoms with Crippen molar-refractivity contribution >= 4 is 21.6 Å². The van der Waals surface area contributed by atoms with Gasteiger partial charge in [-0.1, -0.05) is 19.0 Å². The first-order valence-electron chi connectivity index (χ1n) is 9.72. The number of benzene rings is 1. The first-order valence-corrected chi connectivity index (χ1v) is 11.2. The van der Waals surface area contributed by atoms with Gasteiger partial charge in [0.15, 0.2) is 12.4 Å². The van der Waals surface area contributed by atoms with Gasteiger partial charge in [-0.3, -0.25) is 4.79 Å². The fourth-order valence-corrected chi connectivity index (χ4v) is 5.17. The topological polar surface area (TPSA) is 115 Å². The zero-order valence-corrected chi connectivity index (χ0v) is 17.2. The van der Waals surface area contributed by atoms with Crippen molar-refractivity contribution in [3.63, 3.8) is 0 Å². The molecule has 1 fully saturated rings. The average molecular weight is 420 g/mol. The number of anilines is 1. The maximum Gasteiger partial charge on any atom is 0.262 e. The van der Waals surface area contributed by atoms with Crippen LogP contribution in [0.4, 0.5) is 5.69 Å². The quantitative estimate of drug-likeness (QED) is 0.788. The Labute approximate surface area is 169 Å². The molecule has 4 rings (SSSR count). The highest BCUT2D eigenvalue weighted by Crippen LogP contribution is 2.34. The van der Waals surface area contributed by atoms with E-state index in [1.165, 1.54) is 16.4 Å². The van der Waals surface area contributed by atoms with Gasteiger partial charge in [0.25, 0.3) is 5.91 Å². The van der Waals surface area contributed by atoms with Crippen LogP contribution in [0.3, 0.4) is 0 Å². The lowest BCUT2D eigenvalue weighted by molar-refractivity contribution is -0.118. The molecule has 10 heteroatoms. The third kappa shape index (κ3) is 4.13. The minimum absolute atomic E-state index is 0.0735. The SMILES string of the molecule is CC(C)Cc1noc(C2CCCN(S(=O)(=O)c3ccc4c(c3)NC(=O)CO4)C2)n1. The van der Waals surface area contributed by atoms with E-state index in [2.05, 4.69) is 29.3 Å². The minimum atomic E-state index is -3.73. The highest BCUT2D eigenvalue weighted by atomic mass is 32.2. The third-order valence-electron chi connectivity index (χ3n) is 5.03. The van der Waals surface area contributed by atoms with E-state index < -0.39 is 10.0 Å². The molecule has 2 aliphatic rings. The summed E-state index contributed by atoms with van der Waals surface area (Å²) < 4.78 is 38.5. The highest BCUT2D eigenvalue weighted by Gasteiger charge is 2.34. The number of nitrogens with one attached hydrogen (secondary N) is 1. The summed E-state index contributed by atoms with van der Waals surface area (Å²) in [6, 6.07) is 4.51. The van der Waals surface area contributed by atoms with E-state index in [0.29, 0.717) is 42.0 Å². The van der Waals surface area contributed by atoms with Gasteiger partial charge in [0.05, 0.1) is 16.5 Å². The summed E-state index contributed by atoms with van der Waals surface area (Å²) in [5.74, 6) is 1.58. The number of ether oxygens (including phenoxy) is 1. The molecule has 2 aliphatic heterocycles. The van der Waals surface area contributed by atoms with Gasteiger partial charge in [0.2, 0.25) is 15.9 Å². The van der Waals surface area contributed by atoms with Crippen molar-refractivity contribution in [1.29, 1.82) is 0 Å². The maximum absolute atomic E-state index is 13.2. The van der Waals surface area contributed by atoms with E-state index in [1.807, 2.05) is 0 Å². The van der Waals surface area contributed by atoms with E-state index in [-0.39, 0.29) is 29.9 Å². The molecule has 1 atom stereocenters. The monoisotopic (exact) mass is 420 g/mol. The molecule has 1 aromatic carbocycles. The molecule has 0 bridgehead atoms. The lowest BCUT2D eigenvalue weighted by Gasteiger charge is -2.30. The van der Waals surface area contributed by atoms with Crippen molar-refractivity contribution in [3.8, 4) is 5.75 Å². The number of rotatable bonds is 5. The maximum atomic E-state index is 13.2. The van der Waals surface area contributed by atoms with Crippen molar-refractivity contribution in [2.24, 2.45) is 5.92 Å². The summed E-state index contributed by atoms with van der Waals surface area (Å²) in [6.07, 6.45) is 2.22. The third-order valence-corrected chi connectivity index (χ3v) is 6.89. The van der Waals surface area contributed by atoms with Crippen LogP contribution in [0.15, 0.2) is 27.6 Å². The zero-order chi connectivity index (χ0) is 20.6. The molecule has 3 heterocycles. The normalized spacial score (nSPS) is 20.2. The number of nitrogens with zero attached hydrogens (tertiary/aromatic N) is 3. The summed E-state index contributed by atoms with van der Waals surface area (Å²) in [5.41, 5.74) is 0.367. The average Bonchev–Trinajstić information content (AvgIpc) is 3.15. The summed E-state index contributed by atoms with van der Waals surface area (Å²) in [6.45, 7) is 4.79. The summed E-state index contributed by atoms with van der Waals surface area (Å²) >= 11 is 0. The van der Waals surface area contributed by atoms with Crippen LogP contribution in [0.25, 0.3) is 0 Å². The second kappa shape index (κ2) is 7.75. The molecule has 1 N–H and O–H groups in total. The molecule has 0 spiro atoms. The molecule has 1 amide bonds. The molecule has 1 aromatic heterocycles. The second-order valence-electron chi connectivity index (χ2n) is 7.84. The molecule has 156 valence electrons. The van der Waals surface area contributed by atoms with Gasteiger partial charge in [-0.2, -0.15) is 9.29 Å². The smallest absolute Gasteiger partial charge is 0.262 e. The van der Waals surface area contributed by atoms with Gasteiger partial charge in [-0.25, -0.2) is 8.42 Å². The molecule has 0 radical (unpaired) electrons. The van der Waals surface area contributed by atoms with Gasteiger partial charge in [0, 0.05) is 19.5 Å². The predicted molar refractivity (Wildman–Crippen MR) is 104 cm³/mol. The van der Waals surface area contributed by atoms with Crippen LogP contribution < -0.4 is 10.1 Å². The van der Waals surface area contributed by atoms with Crippen LogP contribution in [0.5, 0.6) is 5.75 Å². The Morgan fingerprint density at radius 2 is 2.17 bits per heavy atom. The van der Waals surface area contributed by atoms with E-state index >= 15 is 0 Å². The van der Waals surface area contributed by atoms with E-state index in [4.69, 9.17) is 9.26 Å². The Balaban J connectivity index is 1.53. The molecule has 2 aromatic rings. The van der Waals surface area contributed by atoms with Crippen molar-refractivity contribution in [2.45, 2.75) is 43.9 Å². The van der Waals surface area contributed by atoms with Crippen LogP contribution in [0.2, 0.25) is 0 Å². The zero-order valence-electron chi connectivity index (χ0n) is 16.4. The fourth-order valence-electron chi connectivity index (χ4n) is 3.62. The molecule has 0 saturated carbocycles. The number of carbonyl (C=O) groups is 1. The Morgan fingerprint density at radius 1 is 1.34 bits per heavy atom. The number of fused-ring (bicyclic) bond motifs is 1. The number of amides is 1. The second-order valence-corrected chi connectivity index (χ2v) is 9.78. The lowest BCUT2D eigenvalue weighted by Crippen LogP contribution is -2.39. The first kappa shape index (κ1) is 19.8. The van der Waals surface area contributed by atoms with Gasteiger partial charge < -0.3 is 14.6 Å². The van der Waals surface area contributed by atoms with E-state index in [1.54, 1.807) is 6.07 Å². The highest BCUT2D eigenvalue weighted by molar-refractivity contribution is 7.89. The fraction of sp³-hybridized carbons (Fsp3) is 0.526. The Kier molecular flexibility index (Phi) is 5.30. The Hall–Kier alpha value is -2.46. The molecule has 29 heavy (non-hydrogen) atoms. The van der Waals surface area contributed by atoms with Crippen molar-refractivity contribution in [2.75, 3.05) is 25.0 Å². The van der Waals surface area contributed by atoms with Crippen LogP contribution >= 0.6 is 0 Å². The summed E-state index contributed by atoms with van der Waals surface area (Å²) in [4.78, 5) is 16.1. The molecule has 0 aliphatic carbocycles. The van der Waals surface area contributed by atoms with Crippen LogP contribution in [0, 0.1) is 5.92 Å². The first-order chi connectivity index (χ1) is 13.8. The number of sulfonamides is 1.